The van der Waals surface area contributed by atoms with Crippen LogP contribution in [0.25, 0.3) is 0 Å². The molecule has 0 amide bonds. The summed E-state index contributed by atoms with van der Waals surface area (Å²) in [6.07, 6.45) is 7.35. The number of hydrogen-bond acceptors (Lipinski definition) is 4. The first-order valence-corrected chi connectivity index (χ1v) is 14.9. The third-order valence-electron chi connectivity index (χ3n) is 10.0. The second kappa shape index (κ2) is 10.6. The number of benzene rings is 3. The van der Waals surface area contributed by atoms with Crippen LogP contribution in [0.3, 0.4) is 0 Å². The van der Waals surface area contributed by atoms with Gasteiger partial charge in [0.25, 0.3) is 0 Å². The fourth-order valence-corrected chi connectivity index (χ4v) is 8.32. The van der Waals surface area contributed by atoms with Gasteiger partial charge in [0.2, 0.25) is 0 Å². The summed E-state index contributed by atoms with van der Waals surface area (Å²) in [6, 6.07) is 28.4. The van der Waals surface area contributed by atoms with E-state index in [9.17, 15) is 4.79 Å². The molecule has 2 aliphatic heterocycles. The Bertz CT molecular complexity index is 1250. The Hall–Kier alpha value is -2.95. The Morgan fingerprint density at radius 3 is 2.10 bits per heavy atom. The van der Waals surface area contributed by atoms with Gasteiger partial charge in [0, 0.05) is 17.9 Å². The molecule has 3 saturated carbocycles. The van der Waals surface area contributed by atoms with Gasteiger partial charge in [-0.2, -0.15) is 0 Å². The Morgan fingerprint density at radius 2 is 1.44 bits per heavy atom. The first-order chi connectivity index (χ1) is 19.2. The fourth-order valence-electron chi connectivity index (χ4n) is 8.32. The normalized spacial score (nSPS) is 30.2. The van der Waals surface area contributed by atoms with Gasteiger partial charge in [-0.05, 0) is 78.4 Å². The molecule has 39 heavy (non-hydrogen) atoms. The van der Waals surface area contributed by atoms with Gasteiger partial charge in [-0.15, -0.1) is 0 Å². The van der Waals surface area contributed by atoms with Crippen molar-refractivity contribution in [2.45, 2.75) is 81.6 Å². The topological polar surface area (TPSA) is 38.8 Å². The Balaban J connectivity index is 1.23. The number of carbonyl (C=O) groups is 1. The smallest absolute Gasteiger partial charge is 0.310 e. The minimum absolute atomic E-state index is 0.0615. The molecule has 0 aromatic heterocycles. The van der Waals surface area contributed by atoms with Gasteiger partial charge in [0.15, 0.2) is 0 Å². The van der Waals surface area contributed by atoms with Crippen molar-refractivity contribution in [1.82, 2.24) is 4.90 Å². The maximum absolute atomic E-state index is 13.6. The average Bonchev–Trinajstić information content (AvgIpc) is 3.46. The number of piperidine rings is 1. The number of hydrogen-bond donors (Lipinski definition) is 0. The van der Waals surface area contributed by atoms with Gasteiger partial charge in [-0.1, -0.05) is 85.3 Å². The summed E-state index contributed by atoms with van der Waals surface area (Å²) in [5.41, 5.74) is 6.31. The maximum atomic E-state index is 13.6. The standard InChI is InChI=1S/C35H39NO3/c37-33(19-25-14-15-28-23-38-24-29(28)18-25)39-32-22-35(36-16-8-3-9-17-36)20-30(26-10-4-1-5-11-26)34(32)31(21-35)27-12-6-2-7-13-27/h1-2,4-7,10-15,18,30-32,34H,3,8-9,16-17,19-24H2/t30-,31-,32+,34?,35?/m0/s1. The Morgan fingerprint density at radius 1 is 0.795 bits per heavy atom. The van der Waals surface area contributed by atoms with E-state index in [1.54, 1.807) is 0 Å². The minimum Gasteiger partial charge on any atom is -0.462 e. The molecule has 1 saturated heterocycles. The van der Waals surface area contributed by atoms with E-state index in [0.29, 0.717) is 31.5 Å². The van der Waals surface area contributed by atoms with E-state index < -0.39 is 0 Å². The second-order valence-electron chi connectivity index (χ2n) is 12.3. The summed E-state index contributed by atoms with van der Waals surface area (Å²) >= 11 is 0. The monoisotopic (exact) mass is 521 g/mol. The van der Waals surface area contributed by atoms with Crippen molar-refractivity contribution in [3.8, 4) is 0 Å². The third kappa shape index (κ3) is 4.83. The van der Waals surface area contributed by atoms with Crippen molar-refractivity contribution in [1.29, 1.82) is 0 Å². The summed E-state index contributed by atoms with van der Waals surface area (Å²) in [6.45, 7) is 3.63. The highest BCUT2D eigenvalue weighted by molar-refractivity contribution is 5.73. The van der Waals surface area contributed by atoms with Crippen LogP contribution in [0.15, 0.2) is 78.9 Å². The van der Waals surface area contributed by atoms with Crippen LogP contribution < -0.4 is 0 Å². The Labute approximate surface area is 232 Å². The number of rotatable bonds is 6. The van der Waals surface area contributed by atoms with Crippen LogP contribution in [-0.2, 0) is 33.9 Å². The average molecular weight is 522 g/mol. The molecule has 3 atom stereocenters. The van der Waals surface area contributed by atoms with Crippen molar-refractivity contribution < 1.29 is 14.3 Å². The SMILES string of the molecule is O=C(Cc1ccc2c(c1)COC2)O[C@@H]1CC2(N3CCCCC3)C[C@@H](c3ccccc3)C1[C@H](c1ccccc1)C2. The van der Waals surface area contributed by atoms with Gasteiger partial charge in [-0.3, -0.25) is 9.69 Å². The molecule has 3 aromatic rings. The van der Waals surface area contributed by atoms with E-state index in [1.165, 1.54) is 41.5 Å². The zero-order valence-corrected chi connectivity index (χ0v) is 22.8. The highest BCUT2D eigenvalue weighted by Gasteiger charge is 2.59. The van der Waals surface area contributed by atoms with Crippen LogP contribution in [0.5, 0.6) is 0 Å². The number of ether oxygens (including phenoxy) is 2. The summed E-state index contributed by atoms with van der Waals surface area (Å²) in [5, 5.41) is 0. The van der Waals surface area contributed by atoms with Crippen LogP contribution in [0, 0.1) is 5.92 Å². The lowest BCUT2D eigenvalue weighted by Gasteiger charge is -2.62. The zero-order chi connectivity index (χ0) is 26.2. The van der Waals surface area contributed by atoms with Crippen molar-refractivity contribution in [2.75, 3.05) is 13.1 Å². The number of likely N-dealkylation sites (tertiary alicyclic amines) is 1. The molecule has 2 heterocycles. The van der Waals surface area contributed by atoms with Gasteiger partial charge in [-0.25, -0.2) is 0 Å². The van der Waals surface area contributed by atoms with Crippen LogP contribution in [0.1, 0.15) is 78.2 Å². The molecule has 0 radical (unpaired) electrons. The molecule has 0 unspecified atom stereocenters. The highest BCUT2D eigenvalue weighted by Crippen LogP contribution is 2.60. The fraction of sp³-hybridized carbons (Fsp3) is 0.457. The molecule has 8 rings (SSSR count). The molecule has 3 aromatic carbocycles. The predicted octanol–water partition coefficient (Wildman–Crippen LogP) is 6.78. The lowest BCUT2D eigenvalue weighted by Crippen LogP contribution is -2.64. The third-order valence-corrected chi connectivity index (χ3v) is 10.0. The maximum Gasteiger partial charge on any atom is 0.310 e. The zero-order valence-electron chi connectivity index (χ0n) is 22.8. The molecule has 202 valence electrons. The molecule has 2 bridgehead atoms. The van der Waals surface area contributed by atoms with Crippen molar-refractivity contribution in [2.24, 2.45) is 5.92 Å². The molecule has 4 nitrogen and oxygen atoms in total. The van der Waals surface area contributed by atoms with Gasteiger partial charge in [0.05, 0.1) is 19.6 Å². The summed E-state index contributed by atoms with van der Waals surface area (Å²) in [5.74, 6) is 0.921. The van der Waals surface area contributed by atoms with Crippen LogP contribution in [-0.4, -0.2) is 35.6 Å². The summed E-state index contributed by atoms with van der Waals surface area (Å²) in [7, 11) is 0. The van der Waals surface area contributed by atoms with Crippen LogP contribution >= 0.6 is 0 Å². The minimum atomic E-state index is -0.0983. The van der Waals surface area contributed by atoms with Crippen molar-refractivity contribution in [3.05, 3.63) is 107 Å². The lowest BCUT2D eigenvalue weighted by atomic mass is 9.51. The summed E-state index contributed by atoms with van der Waals surface area (Å²) in [4.78, 5) is 16.3. The van der Waals surface area contributed by atoms with Crippen molar-refractivity contribution in [3.63, 3.8) is 0 Å². The first-order valence-electron chi connectivity index (χ1n) is 14.9. The molecular formula is C35H39NO3. The molecule has 5 aliphatic rings. The van der Waals surface area contributed by atoms with Gasteiger partial charge >= 0.3 is 5.97 Å². The number of esters is 1. The van der Waals surface area contributed by atoms with E-state index in [1.807, 2.05) is 0 Å². The summed E-state index contributed by atoms with van der Waals surface area (Å²) < 4.78 is 12.2. The van der Waals surface area contributed by atoms with Gasteiger partial charge < -0.3 is 9.47 Å². The quantitative estimate of drug-likeness (QED) is 0.335. The van der Waals surface area contributed by atoms with E-state index in [2.05, 4.69) is 83.8 Å². The number of carbonyl (C=O) groups excluding carboxylic acids is 1. The van der Waals surface area contributed by atoms with E-state index in [4.69, 9.17) is 9.47 Å². The highest BCUT2D eigenvalue weighted by atomic mass is 16.5. The molecule has 0 spiro atoms. The number of nitrogens with zero attached hydrogens (tertiary/aromatic N) is 1. The van der Waals surface area contributed by atoms with E-state index >= 15 is 0 Å². The van der Waals surface area contributed by atoms with E-state index in [-0.39, 0.29) is 23.5 Å². The van der Waals surface area contributed by atoms with E-state index in [0.717, 1.165) is 37.9 Å². The predicted molar refractivity (Wildman–Crippen MR) is 152 cm³/mol. The van der Waals surface area contributed by atoms with Crippen LogP contribution in [0.2, 0.25) is 0 Å². The first kappa shape index (κ1) is 25.0. The largest absolute Gasteiger partial charge is 0.462 e. The van der Waals surface area contributed by atoms with Gasteiger partial charge in [0.1, 0.15) is 6.10 Å². The molecule has 4 fully saturated rings. The lowest BCUT2D eigenvalue weighted by molar-refractivity contribution is -0.169. The second-order valence-corrected chi connectivity index (χ2v) is 12.3. The molecular weight excluding hydrogens is 482 g/mol. The van der Waals surface area contributed by atoms with Crippen LogP contribution in [0.4, 0.5) is 0 Å². The molecule has 3 aliphatic carbocycles. The molecule has 4 heteroatoms. The number of fused-ring (bicyclic) bond motifs is 4. The molecule has 0 N–H and O–H groups in total. The Kier molecular flexibility index (Phi) is 6.78. The van der Waals surface area contributed by atoms with Crippen molar-refractivity contribution >= 4 is 5.97 Å².